The van der Waals surface area contributed by atoms with E-state index in [9.17, 15) is 9.59 Å². The van der Waals surface area contributed by atoms with Crippen LogP contribution in [0.25, 0.3) is 16.6 Å². The van der Waals surface area contributed by atoms with Gasteiger partial charge < -0.3 is 4.90 Å². The number of amides is 1. The smallest absolute Gasteiger partial charge is 0.266 e. The van der Waals surface area contributed by atoms with E-state index < -0.39 is 0 Å². The maximum Gasteiger partial charge on any atom is 0.266 e. The predicted molar refractivity (Wildman–Crippen MR) is 127 cm³/mol. The molecule has 0 saturated heterocycles. The van der Waals surface area contributed by atoms with Crippen molar-refractivity contribution in [1.82, 2.24) is 14.5 Å². The van der Waals surface area contributed by atoms with Gasteiger partial charge in [-0.05, 0) is 62.9 Å². The van der Waals surface area contributed by atoms with Gasteiger partial charge in [0.1, 0.15) is 5.82 Å². The summed E-state index contributed by atoms with van der Waals surface area (Å²) in [7, 11) is 0. The Bertz CT molecular complexity index is 1130. The van der Waals surface area contributed by atoms with Gasteiger partial charge in [0.25, 0.3) is 5.56 Å². The van der Waals surface area contributed by atoms with Gasteiger partial charge in [-0.3, -0.25) is 14.2 Å². The summed E-state index contributed by atoms with van der Waals surface area (Å²) in [5.74, 6) is 0.719. The van der Waals surface area contributed by atoms with Crippen LogP contribution in [0, 0.1) is 13.8 Å². The van der Waals surface area contributed by atoms with Crippen molar-refractivity contribution in [2.45, 2.75) is 66.3 Å². The molecule has 164 valence electrons. The largest absolute Gasteiger partial charge is 0.333 e. The fourth-order valence-corrected chi connectivity index (χ4v) is 3.98. The van der Waals surface area contributed by atoms with Gasteiger partial charge in [-0.15, -0.1) is 0 Å². The third-order valence-corrected chi connectivity index (χ3v) is 5.79. The van der Waals surface area contributed by atoms with Gasteiger partial charge in [0.05, 0.1) is 22.6 Å². The normalized spacial score (nSPS) is 12.2. The summed E-state index contributed by atoms with van der Waals surface area (Å²) >= 11 is 0. The Morgan fingerprint density at radius 2 is 1.84 bits per heavy atom. The van der Waals surface area contributed by atoms with Gasteiger partial charge in [0.2, 0.25) is 5.91 Å². The second-order valence-electron chi connectivity index (χ2n) is 8.28. The van der Waals surface area contributed by atoms with Crippen molar-refractivity contribution in [2.24, 2.45) is 0 Å². The van der Waals surface area contributed by atoms with E-state index in [-0.39, 0.29) is 17.5 Å². The second-order valence-corrected chi connectivity index (χ2v) is 8.28. The van der Waals surface area contributed by atoms with Crippen LogP contribution in [0.5, 0.6) is 0 Å². The lowest BCUT2D eigenvalue weighted by atomic mass is 10.1. The number of benzene rings is 2. The predicted octanol–water partition coefficient (Wildman–Crippen LogP) is 5.49. The van der Waals surface area contributed by atoms with Crippen LogP contribution in [-0.4, -0.2) is 26.9 Å². The summed E-state index contributed by atoms with van der Waals surface area (Å²) in [4.78, 5) is 33.5. The molecule has 0 bridgehead atoms. The standard InChI is InChI=1S/C26H33N3O2/c1-6-8-16-28(24(30)11-7-2)20(5)25-27-22-13-10-9-12-21(22)26(31)29(25)23-17-18(3)14-15-19(23)4/h9-10,12-15,17,20H,6-8,11,16H2,1-5H3. The molecule has 0 spiro atoms. The van der Waals surface area contributed by atoms with Crippen LogP contribution >= 0.6 is 0 Å². The number of nitrogens with zero attached hydrogens (tertiary/aromatic N) is 3. The van der Waals surface area contributed by atoms with Crippen molar-refractivity contribution < 1.29 is 4.79 Å². The number of hydrogen-bond donors (Lipinski definition) is 0. The van der Waals surface area contributed by atoms with Crippen molar-refractivity contribution >= 4 is 16.8 Å². The highest BCUT2D eigenvalue weighted by molar-refractivity contribution is 5.79. The molecule has 0 fully saturated rings. The lowest BCUT2D eigenvalue weighted by Gasteiger charge is -2.31. The van der Waals surface area contributed by atoms with Crippen molar-refractivity contribution in [3.63, 3.8) is 0 Å². The van der Waals surface area contributed by atoms with Crippen LogP contribution in [0.15, 0.2) is 47.3 Å². The van der Waals surface area contributed by atoms with Gasteiger partial charge in [-0.1, -0.05) is 44.5 Å². The molecule has 3 rings (SSSR count). The summed E-state index contributed by atoms with van der Waals surface area (Å²) in [5, 5.41) is 0.583. The topological polar surface area (TPSA) is 55.2 Å². The van der Waals surface area contributed by atoms with Gasteiger partial charge in [0.15, 0.2) is 0 Å². The first kappa shape index (κ1) is 22.7. The summed E-state index contributed by atoms with van der Waals surface area (Å²) in [5.41, 5.74) is 3.46. The zero-order valence-electron chi connectivity index (χ0n) is 19.3. The molecular formula is C26H33N3O2. The zero-order chi connectivity index (χ0) is 22.5. The molecular weight excluding hydrogens is 386 g/mol. The number of unbranched alkanes of at least 4 members (excludes halogenated alkanes) is 1. The molecule has 3 aromatic rings. The van der Waals surface area contributed by atoms with E-state index in [1.807, 2.05) is 75.1 Å². The summed E-state index contributed by atoms with van der Waals surface area (Å²) in [6.45, 7) is 10.8. The van der Waals surface area contributed by atoms with E-state index in [1.165, 1.54) is 0 Å². The number of carbonyl (C=O) groups excluding carboxylic acids is 1. The van der Waals surface area contributed by atoms with Gasteiger partial charge in [-0.2, -0.15) is 0 Å². The number of carbonyl (C=O) groups is 1. The molecule has 2 aromatic carbocycles. The average Bonchev–Trinajstić information content (AvgIpc) is 2.76. The lowest BCUT2D eigenvalue weighted by molar-refractivity contribution is -0.133. The first-order valence-electron chi connectivity index (χ1n) is 11.3. The Morgan fingerprint density at radius 3 is 2.55 bits per heavy atom. The first-order valence-corrected chi connectivity index (χ1v) is 11.3. The Kier molecular flexibility index (Phi) is 7.26. The monoisotopic (exact) mass is 419 g/mol. The minimum Gasteiger partial charge on any atom is -0.333 e. The van der Waals surface area contributed by atoms with Crippen LogP contribution in [-0.2, 0) is 4.79 Å². The van der Waals surface area contributed by atoms with Gasteiger partial charge >= 0.3 is 0 Å². The highest BCUT2D eigenvalue weighted by atomic mass is 16.2. The maximum absolute atomic E-state index is 13.7. The van der Waals surface area contributed by atoms with Crippen molar-refractivity contribution in [2.75, 3.05) is 6.54 Å². The average molecular weight is 420 g/mol. The number of rotatable bonds is 8. The molecule has 0 aliphatic carbocycles. The molecule has 1 aromatic heterocycles. The third kappa shape index (κ3) is 4.71. The second kappa shape index (κ2) is 9.90. The van der Waals surface area contributed by atoms with Gasteiger partial charge in [-0.25, -0.2) is 4.98 Å². The molecule has 1 amide bonds. The van der Waals surface area contributed by atoms with E-state index in [0.717, 1.165) is 36.1 Å². The molecule has 0 aliphatic rings. The summed E-state index contributed by atoms with van der Waals surface area (Å²) < 4.78 is 1.72. The molecule has 31 heavy (non-hydrogen) atoms. The van der Waals surface area contributed by atoms with E-state index >= 15 is 0 Å². The zero-order valence-corrected chi connectivity index (χ0v) is 19.3. The summed E-state index contributed by atoms with van der Waals surface area (Å²) in [6.07, 6.45) is 3.21. The van der Waals surface area contributed by atoms with Crippen LogP contribution < -0.4 is 5.56 Å². The first-order chi connectivity index (χ1) is 14.9. The molecule has 0 N–H and O–H groups in total. The fourth-order valence-electron chi connectivity index (χ4n) is 3.98. The number of fused-ring (bicyclic) bond motifs is 1. The number of aryl methyl sites for hydroxylation is 2. The fraction of sp³-hybridized carbons (Fsp3) is 0.423. The molecule has 0 aliphatic heterocycles. The van der Waals surface area contributed by atoms with Gasteiger partial charge in [0, 0.05) is 13.0 Å². The van der Waals surface area contributed by atoms with Crippen LogP contribution in [0.4, 0.5) is 0 Å². The van der Waals surface area contributed by atoms with Crippen LogP contribution in [0.2, 0.25) is 0 Å². The number of hydrogen-bond acceptors (Lipinski definition) is 3. The molecule has 1 atom stereocenters. The maximum atomic E-state index is 13.7. The third-order valence-electron chi connectivity index (χ3n) is 5.79. The minimum absolute atomic E-state index is 0.0977. The highest BCUT2D eigenvalue weighted by Gasteiger charge is 2.26. The van der Waals surface area contributed by atoms with Crippen LogP contribution in [0.3, 0.4) is 0 Å². The Labute approximate surface area is 184 Å². The highest BCUT2D eigenvalue weighted by Crippen LogP contribution is 2.26. The Balaban J connectivity index is 2.28. The molecule has 5 heteroatoms. The molecule has 1 unspecified atom stereocenters. The molecule has 0 saturated carbocycles. The Morgan fingerprint density at radius 1 is 1.10 bits per heavy atom. The lowest BCUT2D eigenvalue weighted by Crippen LogP contribution is -2.38. The van der Waals surface area contributed by atoms with E-state index in [0.29, 0.717) is 29.7 Å². The van der Waals surface area contributed by atoms with Crippen LogP contribution in [0.1, 0.15) is 69.4 Å². The van der Waals surface area contributed by atoms with E-state index in [2.05, 4.69) is 6.92 Å². The summed E-state index contributed by atoms with van der Waals surface area (Å²) in [6, 6.07) is 13.2. The van der Waals surface area contributed by atoms with E-state index in [1.54, 1.807) is 4.57 Å². The quantitative estimate of drug-likeness (QED) is 0.485. The van der Waals surface area contributed by atoms with Crippen molar-refractivity contribution in [1.29, 1.82) is 0 Å². The molecule has 5 nitrogen and oxygen atoms in total. The van der Waals surface area contributed by atoms with Crippen molar-refractivity contribution in [3.05, 3.63) is 69.8 Å². The Hall–Kier alpha value is -2.95. The number of para-hydroxylation sites is 1. The number of aromatic nitrogens is 2. The molecule has 1 heterocycles. The van der Waals surface area contributed by atoms with Crippen molar-refractivity contribution in [3.8, 4) is 5.69 Å². The SMILES string of the molecule is CCCCN(C(=O)CCC)C(C)c1nc2ccccc2c(=O)n1-c1cc(C)ccc1C. The van der Waals surface area contributed by atoms with E-state index in [4.69, 9.17) is 4.98 Å². The molecule has 0 radical (unpaired) electrons. The minimum atomic E-state index is -0.317.